The molecule has 1 rings (SSSR count). The summed E-state index contributed by atoms with van der Waals surface area (Å²) in [6, 6.07) is 7.21. The van der Waals surface area contributed by atoms with E-state index in [0.717, 1.165) is 0 Å². The van der Waals surface area contributed by atoms with Gasteiger partial charge in [-0.2, -0.15) is 0 Å². The molecular weight excluding hydrogens is 188 g/mol. The van der Waals surface area contributed by atoms with E-state index < -0.39 is 0 Å². The average molecular weight is 199 g/mol. The summed E-state index contributed by atoms with van der Waals surface area (Å²) < 4.78 is 5.29. The number of hydrogen-bond acceptors (Lipinski definition) is 2. The predicted molar refractivity (Wildman–Crippen MR) is 53.5 cm³/mol. The summed E-state index contributed by atoms with van der Waals surface area (Å²) in [6.45, 7) is 0.388. The molecule has 0 saturated heterocycles. The van der Waals surface area contributed by atoms with Crippen LogP contribution in [-0.4, -0.2) is 12.4 Å². The monoisotopic (exact) mass is 198 g/mol. The Kier molecular flexibility index (Phi) is 3.58. The van der Waals surface area contributed by atoms with Crippen molar-refractivity contribution in [1.82, 2.24) is 0 Å². The molecule has 4 heteroatoms. The molecule has 3 nitrogen and oxygen atoms in total. The van der Waals surface area contributed by atoms with Crippen molar-refractivity contribution in [3.05, 3.63) is 29.3 Å². The minimum atomic E-state index is 0.118. The predicted octanol–water partition coefficient (Wildman–Crippen LogP) is 2.04. The first-order valence-electron chi connectivity index (χ1n) is 3.90. The molecule has 0 aliphatic carbocycles. The maximum Gasteiger partial charge on any atom is 0.137 e. The van der Waals surface area contributed by atoms with Crippen LogP contribution in [0.15, 0.2) is 24.3 Å². The quantitative estimate of drug-likeness (QED) is 0.575. The number of amidine groups is 1. The molecule has 70 valence electrons. The van der Waals surface area contributed by atoms with Crippen molar-refractivity contribution in [2.24, 2.45) is 5.73 Å². The molecule has 0 amide bonds. The molecule has 0 saturated carbocycles. The fourth-order valence-electron chi connectivity index (χ4n) is 0.833. The molecule has 3 N–H and O–H groups in total. The van der Waals surface area contributed by atoms with Gasteiger partial charge in [-0.05, 0) is 12.1 Å². The van der Waals surface area contributed by atoms with E-state index in [1.54, 1.807) is 12.1 Å². The van der Waals surface area contributed by atoms with Crippen LogP contribution in [0.25, 0.3) is 0 Å². The molecule has 0 radical (unpaired) electrons. The summed E-state index contributed by atoms with van der Waals surface area (Å²) in [7, 11) is 0. The summed E-state index contributed by atoms with van der Waals surface area (Å²) in [6.07, 6.45) is 0.422. The Balaban J connectivity index is 2.45. The molecule has 0 unspecified atom stereocenters. The van der Waals surface area contributed by atoms with Crippen LogP contribution in [0.5, 0.6) is 5.75 Å². The lowest BCUT2D eigenvalue weighted by molar-refractivity contribution is 0.329. The number of nitrogens with one attached hydrogen (secondary N) is 1. The number of nitrogens with two attached hydrogens (primary N) is 1. The van der Waals surface area contributed by atoms with Crippen LogP contribution in [0.4, 0.5) is 0 Å². The number of benzene rings is 1. The molecule has 0 aliphatic rings. The minimum Gasteiger partial charge on any atom is -0.492 e. The molecule has 0 heterocycles. The molecule has 13 heavy (non-hydrogen) atoms. The molecule has 1 aromatic carbocycles. The SMILES string of the molecule is N=C(N)CCOc1ccccc1Cl. The van der Waals surface area contributed by atoms with Gasteiger partial charge in [-0.3, -0.25) is 5.41 Å². The average Bonchev–Trinajstić information content (AvgIpc) is 2.08. The summed E-state index contributed by atoms with van der Waals surface area (Å²) in [5, 5.41) is 7.55. The Morgan fingerprint density at radius 1 is 1.46 bits per heavy atom. The van der Waals surface area contributed by atoms with Gasteiger partial charge in [-0.1, -0.05) is 23.7 Å². The fraction of sp³-hybridized carbons (Fsp3) is 0.222. The number of hydrogen-bond donors (Lipinski definition) is 2. The number of halogens is 1. The Morgan fingerprint density at radius 3 is 2.77 bits per heavy atom. The van der Waals surface area contributed by atoms with E-state index in [-0.39, 0.29) is 5.84 Å². The Hall–Kier alpha value is -1.22. The van der Waals surface area contributed by atoms with Gasteiger partial charge >= 0.3 is 0 Å². The highest BCUT2D eigenvalue weighted by molar-refractivity contribution is 6.32. The summed E-state index contributed by atoms with van der Waals surface area (Å²) in [5.41, 5.74) is 5.16. The van der Waals surface area contributed by atoms with E-state index in [2.05, 4.69) is 0 Å². The van der Waals surface area contributed by atoms with E-state index in [1.165, 1.54) is 0 Å². The Labute approximate surface area is 82.0 Å². The second-order valence-electron chi connectivity index (χ2n) is 2.55. The molecular formula is C9H11ClN2O. The zero-order valence-corrected chi connectivity index (χ0v) is 7.84. The van der Waals surface area contributed by atoms with Crippen LogP contribution < -0.4 is 10.5 Å². The van der Waals surface area contributed by atoms with E-state index in [0.29, 0.717) is 23.8 Å². The molecule has 0 bridgehead atoms. The number of para-hydroxylation sites is 1. The van der Waals surface area contributed by atoms with Crippen LogP contribution in [-0.2, 0) is 0 Å². The van der Waals surface area contributed by atoms with Gasteiger partial charge in [0.2, 0.25) is 0 Å². The zero-order valence-electron chi connectivity index (χ0n) is 7.09. The third-order valence-electron chi connectivity index (χ3n) is 1.47. The topological polar surface area (TPSA) is 59.1 Å². The lowest BCUT2D eigenvalue weighted by Gasteiger charge is -2.06. The van der Waals surface area contributed by atoms with Gasteiger partial charge in [-0.25, -0.2) is 0 Å². The minimum absolute atomic E-state index is 0.118. The van der Waals surface area contributed by atoms with Gasteiger partial charge in [0, 0.05) is 6.42 Å². The molecule has 0 atom stereocenters. The lowest BCUT2D eigenvalue weighted by Crippen LogP contribution is -2.13. The molecule has 0 aliphatic heterocycles. The Bertz CT molecular complexity index is 301. The van der Waals surface area contributed by atoms with Crippen molar-refractivity contribution in [1.29, 1.82) is 5.41 Å². The van der Waals surface area contributed by atoms with Gasteiger partial charge in [0.05, 0.1) is 17.5 Å². The first kappa shape index (κ1) is 9.86. The van der Waals surface area contributed by atoms with Gasteiger partial charge in [0.15, 0.2) is 0 Å². The van der Waals surface area contributed by atoms with Crippen LogP contribution >= 0.6 is 11.6 Å². The van der Waals surface area contributed by atoms with E-state index >= 15 is 0 Å². The van der Waals surface area contributed by atoms with Crippen LogP contribution in [0, 0.1) is 5.41 Å². The van der Waals surface area contributed by atoms with Gasteiger partial charge in [-0.15, -0.1) is 0 Å². The summed E-state index contributed by atoms with van der Waals surface area (Å²) in [4.78, 5) is 0. The van der Waals surface area contributed by atoms with Gasteiger partial charge in [0.25, 0.3) is 0 Å². The maximum absolute atomic E-state index is 6.98. The highest BCUT2D eigenvalue weighted by atomic mass is 35.5. The first-order chi connectivity index (χ1) is 6.20. The third-order valence-corrected chi connectivity index (χ3v) is 1.78. The molecule has 0 fully saturated rings. The molecule has 1 aromatic rings. The maximum atomic E-state index is 6.98. The van der Waals surface area contributed by atoms with Crippen LogP contribution in [0.3, 0.4) is 0 Å². The van der Waals surface area contributed by atoms with E-state index in [1.807, 2.05) is 12.1 Å². The van der Waals surface area contributed by atoms with E-state index in [4.69, 9.17) is 27.5 Å². The van der Waals surface area contributed by atoms with Crippen molar-refractivity contribution in [2.75, 3.05) is 6.61 Å². The van der Waals surface area contributed by atoms with Crippen LogP contribution in [0.1, 0.15) is 6.42 Å². The smallest absolute Gasteiger partial charge is 0.137 e. The van der Waals surface area contributed by atoms with Crippen molar-refractivity contribution in [3.8, 4) is 5.75 Å². The summed E-state index contributed by atoms with van der Waals surface area (Å²) in [5.74, 6) is 0.748. The lowest BCUT2D eigenvalue weighted by atomic mass is 10.3. The van der Waals surface area contributed by atoms with Crippen molar-refractivity contribution in [3.63, 3.8) is 0 Å². The second kappa shape index (κ2) is 4.72. The standard InChI is InChI=1S/C9H11ClN2O/c10-7-3-1-2-4-8(7)13-6-5-9(11)12/h1-4H,5-6H2,(H3,11,12). The van der Waals surface area contributed by atoms with Crippen molar-refractivity contribution in [2.45, 2.75) is 6.42 Å². The Morgan fingerprint density at radius 2 is 2.15 bits per heavy atom. The molecule has 0 aromatic heterocycles. The van der Waals surface area contributed by atoms with Crippen molar-refractivity contribution < 1.29 is 4.74 Å². The highest BCUT2D eigenvalue weighted by Crippen LogP contribution is 2.22. The summed E-state index contributed by atoms with van der Waals surface area (Å²) >= 11 is 5.83. The normalized spacial score (nSPS) is 9.62. The first-order valence-corrected chi connectivity index (χ1v) is 4.28. The molecule has 0 spiro atoms. The van der Waals surface area contributed by atoms with E-state index in [9.17, 15) is 0 Å². The van der Waals surface area contributed by atoms with Gasteiger partial charge in [0.1, 0.15) is 5.75 Å². The largest absolute Gasteiger partial charge is 0.492 e. The number of ether oxygens (including phenoxy) is 1. The van der Waals surface area contributed by atoms with Crippen molar-refractivity contribution >= 4 is 17.4 Å². The highest BCUT2D eigenvalue weighted by Gasteiger charge is 1.98. The third kappa shape index (κ3) is 3.34. The number of rotatable bonds is 4. The fourth-order valence-corrected chi connectivity index (χ4v) is 1.02. The van der Waals surface area contributed by atoms with Crippen LogP contribution in [0.2, 0.25) is 5.02 Å². The zero-order chi connectivity index (χ0) is 9.68. The second-order valence-corrected chi connectivity index (χ2v) is 2.96. The van der Waals surface area contributed by atoms with Gasteiger partial charge < -0.3 is 10.5 Å².